The lowest BCUT2D eigenvalue weighted by Gasteiger charge is -2.39. The highest BCUT2D eigenvalue weighted by Crippen LogP contribution is 2.37. The number of benzene rings is 1. The van der Waals surface area contributed by atoms with E-state index in [0.29, 0.717) is 13.0 Å². The molecule has 0 radical (unpaired) electrons. The van der Waals surface area contributed by atoms with Gasteiger partial charge >= 0.3 is 0 Å². The minimum absolute atomic E-state index is 0.0224. The molecule has 4 heteroatoms. The topological polar surface area (TPSA) is 58.6 Å². The van der Waals surface area contributed by atoms with E-state index in [2.05, 4.69) is 5.32 Å². The molecule has 19 heavy (non-hydrogen) atoms. The number of methoxy groups -OCH3 is 1. The minimum atomic E-state index is -0.225. The molecule has 1 amide bonds. The van der Waals surface area contributed by atoms with Crippen LogP contribution in [-0.4, -0.2) is 23.7 Å². The van der Waals surface area contributed by atoms with Gasteiger partial charge in [0.2, 0.25) is 5.91 Å². The fraction of sp³-hybridized carbons (Fsp3) is 0.533. The van der Waals surface area contributed by atoms with Crippen molar-refractivity contribution >= 4 is 5.91 Å². The first kappa shape index (κ1) is 14.0. The standard InChI is InChI=1S/C15H21NO3/c1-19-15(6-3-7-15)9-14(18)16-10-12-4-2-5-13(8-12)11-17/h2,4-5,8,17H,3,6-7,9-11H2,1H3,(H,16,18). The van der Waals surface area contributed by atoms with Crippen LogP contribution in [0.15, 0.2) is 24.3 Å². The van der Waals surface area contributed by atoms with Crippen molar-refractivity contribution < 1.29 is 14.6 Å². The first-order valence-corrected chi connectivity index (χ1v) is 6.68. The molecule has 104 valence electrons. The lowest BCUT2D eigenvalue weighted by atomic mass is 9.77. The second kappa shape index (κ2) is 6.17. The predicted octanol–water partition coefficient (Wildman–Crippen LogP) is 1.75. The van der Waals surface area contributed by atoms with E-state index >= 15 is 0 Å². The molecule has 1 aromatic rings. The number of aliphatic hydroxyl groups excluding tert-OH is 1. The van der Waals surface area contributed by atoms with Crippen LogP contribution in [0.4, 0.5) is 0 Å². The summed E-state index contributed by atoms with van der Waals surface area (Å²) in [7, 11) is 1.68. The summed E-state index contributed by atoms with van der Waals surface area (Å²) in [6.07, 6.45) is 3.51. The largest absolute Gasteiger partial charge is 0.392 e. The molecule has 1 aromatic carbocycles. The van der Waals surface area contributed by atoms with Crippen molar-refractivity contribution in [1.82, 2.24) is 5.32 Å². The Balaban J connectivity index is 1.82. The summed E-state index contributed by atoms with van der Waals surface area (Å²) < 4.78 is 5.44. The number of amides is 1. The Morgan fingerprint density at radius 3 is 2.74 bits per heavy atom. The summed E-state index contributed by atoms with van der Waals surface area (Å²) in [4.78, 5) is 11.9. The monoisotopic (exact) mass is 263 g/mol. The van der Waals surface area contributed by atoms with Gasteiger partial charge in [-0.3, -0.25) is 4.79 Å². The number of carbonyl (C=O) groups is 1. The smallest absolute Gasteiger partial charge is 0.223 e. The van der Waals surface area contributed by atoms with Gasteiger partial charge in [-0.05, 0) is 30.4 Å². The fourth-order valence-corrected chi connectivity index (χ4v) is 2.42. The van der Waals surface area contributed by atoms with Crippen LogP contribution in [0.25, 0.3) is 0 Å². The molecule has 1 fully saturated rings. The molecule has 0 bridgehead atoms. The number of nitrogens with one attached hydrogen (secondary N) is 1. The average Bonchev–Trinajstić information content (AvgIpc) is 2.41. The van der Waals surface area contributed by atoms with Crippen molar-refractivity contribution in [2.24, 2.45) is 0 Å². The number of hydrogen-bond donors (Lipinski definition) is 2. The molecule has 0 heterocycles. The normalized spacial score (nSPS) is 16.7. The molecule has 1 saturated carbocycles. The Kier molecular flexibility index (Phi) is 4.56. The Hall–Kier alpha value is -1.39. The van der Waals surface area contributed by atoms with Gasteiger partial charge in [-0.2, -0.15) is 0 Å². The van der Waals surface area contributed by atoms with Gasteiger partial charge in [0.05, 0.1) is 18.6 Å². The first-order chi connectivity index (χ1) is 9.17. The van der Waals surface area contributed by atoms with Crippen LogP contribution in [0.1, 0.15) is 36.8 Å². The van der Waals surface area contributed by atoms with E-state index in [1.54, 1.807) is 7.11 Å². The molecule has 0 unspecified atom stereocenters. The third-order valence-electron chi connectivity index (χ3n) is 3.84. The maximum absolute atomic E-state index is 11.9. The number of ether oxygens (including phenoxy) is 1. The Labute approximate surface area is 113 Å². The quantitative estimate of drug-likeness (QED) is 0.822. The lowest BCUT2D eigenvalue weighted by Crippen LogP contribution is -2.43. The summed E-state index contributed by atoms with van der Waals surface area (Å²) in [5.41, 5.74) is 1.64. The number of rotatable bonds is 6. The Bertz CT molecular complexity index is 435. The van der Waals surface area contributed by atoms with Gasteiger partial charge in [-0.25, -0.2) is 0 Å². The maximum Gasteiger partial charge on any atom is 0.223 e. The molecule has 0 atom stereocenters. The predicted molar refractivity (Wildman–Crippen MR) is 72.4 cm³/mol. The molecule has 4 nitrogen and oxygen atoms in total. The van der Waals surface area contributed by atoms with Crippen molar-refractivity contribution in [3.05, 3.63) is 35.4 Å². The van der Waals surface area contributed by atoms with E-state index in [-0.39, 0.29) is 18.1 Å². The van der Waals surface area contributed by atoms with Gasteiger partial charge in [0.25, 0.3) is 0 Å². The van der Waals surface area contributed by atoms with Crippen LogP contribution < -0.4 is 5.32 Å². The van der Waals surface area contributed by atoms with Gasteiger partial charge in [0.15, 0.2) is 0 Å². The highest BCUT2D eigenvalue weighted by molar-refractivity contribution is 5.77. The fourth-order valence-electron chi connectivity index (χ4n) is 2.42. The van der Waals surface area contributed by atoms with Crippen molar-refractivity contribution in [2.75, 3.05) is 7.11 Å². The first-order valence-electron chi connectivity index (χ1n) is 6.68. The zero-order valence-corrected chi connectivity index (χ0v) is 11.3. The van der Waals surface area contributed by atoms with E-state index in [1.165, 1.54) is 0 Å². The van der Waals surface area contributed by atoms with Gasteiger partial charge in [0.1, 0.15) is 0 Å². The molecular formula is C15H21NO3. The van der Waals surface area contributed by atoms with E-state index in [0.717, 1.165) is 30.4 Å². The van der Waals surface area contributed by atoms with Crippen molar-refractivity contribution in [2.45, 2.75) is 44.4 Å². The summed E-state index contributed by atoms with van der Waals surface area (Å²) in [5.74, 6) is 0.0240. The van der Waals surface area contributed by atoms with Crippen LogP contribution in [0, 0.1) is 0 Å². The third kappa shape index (κ3) is 3.55. The SMILES string of the molecule is COC1(CC(=O)NCc2cccc(CO)c2)CCC1. The molecule has 0 aliphatic heterocycles. The highest BCUT2D eigenvalue weighted by Gasteiger charge is 2.38. The van der Waals surface area contributed by atoms with Crippen molar-refractivity contribution in [3.8, 4) is 0 Å². The molecule has 2 rings (SSSR count). The van der Waals surface area contributed by atoms with Gasteiger partial charge in [-0.15, -0.1) is 0 Å². The molecule has 1 aliphatic carbocycles. The van der Waals surface area contributed by atoms with Crippen molar-refractivity contribution in [1.29, 1.82) is 0 Å². The van der Waals surface area contributed by atoms with Gasteiger partial charge in [-0.1, -0.05) is 24.3 Å². The third-order valence-corrected chi connectivity index (χ3v) is 3.84. The van der Waals surface area contributed by atoms with Crippen LogP contribution in [-0.2, 0) is 22.7 Å². The second-order valence-electron chi connectivity index (χ2n) is 5.17. The van der Waals surface area contributed by atoms with Gasteiger partial charge < -0.3 is 15.2 Å². The summed E-state index contributed by atoms with van der Waals surface area (Å²) >= 11 is 0. The molecule has 0 saturated heterocycles. The number of aliphatic hydroxyl groups is 1. The summed E-state index contributed by atoms with van der Waals surface area (Å²) in [6, 6.07) is 7.58. The second-order valence-corrected chi connectivity index (χ2v) is 5.17. The van der Waals surface area contributed by atoms with Crippen LogP contribution in [0.3, 0.4) is 0 Å². The lowest BCUT2D eigenvalue weighted by molar-refractivity contribution is -0.134. The highest BCUT2D eigenvalue weighted by atomic mass is 16.5. The van der Waals surface area contributed by atoms with Gasteiger partial charge in [0, 0.05) is 13.7 Å². The Morgan fingerprint density at radius 1 is 1.42 bits per heavy atom. The van der Waals surface area contributed by atoms with E-state index in [1.807, 2.05) is 24.3 Å². The Morgan fingerprint density at radius 2 is 2.16 bits per heavy atom. The molecule has 2 N–H and O–H groups in total. The van der Waals surface area contributed by atoms with Crippen LogP contribution >= 0.6 is 0 Å². The zero-order valence-electron chi connectivity index (χ0n) is 11.3. The van der Waals surface area contributed by atoms with Crippen molar-refractivity contribution in [3.63, 3.8) is 0 Å². The molecule has 0 spiro atoms. The zero-order chi connectivity index (χ0) is 13.7. The maximum atomic E-state index is 11.9. The van der Waals surface area contributed by atoms with E-state index in [9.17, 15) is 4.79 Å². The molecule has 0 aromatic heterocycles. The summed E-state index contributed by atoms with van der Waals surface area (Å²) in [5, 5.41) is 12.0. The molecule has 1 aliphatic rings. The molecular weight excluding hydrogens is 242 g/mol. The average molecular weight is 263 g/mol. The summed E-state index contributed by atoms with van der Waals surface area (Å²) in [6.45, 7) is 0.515. The van der Waals surface area contributed by atoms with Crippen LogP contribution in [0.2, 0.25) is 0 Å². The van der Waals surface area contributed by atoms with E-state index < -0.39 is 0 Å². The van der Waals surface area contributed by atoms with E-state index in [4.69, 9.17) is 9.84 Å². The number of hydrogen-bond acceptors (Lipinski definition) is 3. The minimum Gasteiger partial charge on any atom is -0.392 e. The van der Waals surface area contributed by atoms with Crippen LogP contribution in [0.5, 0.6) is 0 Å². The number of carbonyl (C=O) groups excluding carboxylic acids is 1.